The van der Waals surface area contributed by atoms with Gasteiger partial charge in [-0.25, -0.2) is 0 Å². The third-order valence-corrected chi connectivity index (χ3v) is 4.66. The molecule has 0 aromatic carbocycles. The van der Waals surface area contributed by atoms with Gasteiger partial charge in [-0.05, 0) is 0 Å². The molecule has 3 heterocycles. The Labute approximate surface area is 76.4 Å². The Hall–Kier alpha value is 0.230. The maximum atomic E-state index is 6.12. The number of thioether (sulfide) groups is 1. The molecule has 0 amide bonds. The third-order valence-electron chi connectivity index (χ3n) is 3.27. The normalized spacial score (nSPS) is 62.5. The summed E-state index contributed by atoms with van der Waals surface area (Å²) in [6.45, 7) is 2.28. The van der Waals surface area contributed by atoms with Crippen molar-refractivity contribution in [2.24, 2.45) is 11.7 Å². The van der Waals surface area contributed by atoms with E-state index in [1.54, 1.807) is 0 Å². The van der Waals surface area contributed by atoms with Crippen LogP contribution in [0.4, 0.5) is 0 Å². The molecule has 3 aliphatic rings. The predicted octanol–water partition coefficient (Wildman–Crippen LogP) is -0.238. The minimum absolute atomic E-state index is 0.270. The molecule has 0 aromatic rings. The van der Waals surface area contributed by atoms with E-state index in [1.807, 2.05) is 11.8 Å². The van der Waals surface area contributed by atoms with Crippen molar-refractivity contribution in [3.8, 4) is 0 Å². The van der Waals surface area contributed by atoms with E-state index in [2.05, 4.69) is 12.2 Å². The van der Waals surface area contributed by atoms with Crippen molar-refractivity contribution in [1.82, 2.24) is 5.32 Å². The monoisotopic (exact) mass is 186 g/mol. The first-order chi connectivity index (χ1) is 5.77. The zero-order chi connectivity index (χ0) is 8.29. The lowest BCUT2D eigenvalue weighted by molar-refractivity contribution is 0.288. The summed E-state index contributed by atoms with van der Waals surface area (Å²) < 4.78 is 5.43. The summed E-state index contributed by atoms with van der Waals surface area (Å²) in [7, 11) is 0. The Morgan fingerprint density at radius 1 is 1.58 bits per heavy atom. The van der Waals surface area contributed by atoms with Gasteiger partial charge in [0, 0.05) is 29.0 Å². The van der Waals surface area contributed by atoms with Crippen molar-refractivity contribution in [3.63, 3.8) is 0 Å². The Bertz CT molecular complexity index is 211. The Morgan fingerprint density at radius 3 is 3.25 bits per heavy atom. The van der Waals surface area contributed by atoms with Gasteiger partial charge in [-0.3, -0.25) is 5.32 Å². The molecule has 3 aliphatic heterocycles. The van der Waals surface area contributed by atoms with Crippen LogP contribution in [0.25, 0.3) is 0 Å². The summed E-state index contributed by atoms with van der Waals surface area (Å²) in [5.41, 5.74) is 6.12. The number of hydrogen-bond donors (Lipinski definition) is 2. The van der Waals surface area contributed by atoms with Gasteiger partial charge < -0.3 is 10.5 Å². The number of rotatable bonds is 0. The van der Waals surface area contributed by atoms with Crippen LogP contribution in [0.2, 0.25) is 0 Å². The van der Waals surface area contributed by atoms with E-state index < -0.39 is 0 Å². The van der Waals surface area contributed by atoms with Gasteiger partial charge in [-0.15, -0.1) is 0 Å². The van der Waals surface area contributed by atoms with Crippen LogP contribution >= 0.6 is 11.8 Å². The number of epoxide rings is 1. The standard InChI is InChI=1S/C8H14N2OS/c1-3-5-4(2-12-3)10-8-7(11-8)6(5)9/h3-8,10H,2,9H2,1H3. The minimum Gasteiger partial charge on any atom is -0.352 e. The summed E-state index contributed by atoms with van der Waals surface area (Å²) >= 11 is 2.03. The first-order valence-electron chi connectivity index (χ1n) is 4.56. The van der Waals surface area contributed by atoms with Gasteiger partial charge in [0.1, 0.15) is 12.3 Å². The molecule has 3 saturated heterocycles. The fourth-order valence-corrected chi connectivity index (χ4v) is 3.95. The summed E-state index contributed by atoms with van der Waals surface area (Å²) in [6.07, 6.45) is 0.597. The van der Waals surface area contributed by atoms with Crippen molar-refractivity contribution in [2.45, 2.75) is 36.6 Å². The molecule has 6 unspecified atom stereocenters. The molecule has 0 spiro atoms. The molecule has 0 bridgehead atoms. The molecule has 3 nitrogen and oxygen atoms in total. The van der Waals surface area contributed by atoms with Crippen LogP contribution < -0.4 is 11.1 Å². The van der Waals surface area contributed by atoms with Crippen LogP contribution in [0.5, 0.6) is 0 Å². The van der Waals surface area contributed by atoms with Crippen LogP contribution in [0.1, 0.15) is 6.92 Å². The molecule has 12 heavy (non-hydrogen) atoms. The highest BCUT2D eigenvalue weighted by atomic mass is 32.2. The van der Waals surface area contributed by atoms with Gasteiger partial charge >= 0.3 is 0 Å². The Kier molecular flexibility index (Phi) is 1.51. The van der Waals surface area contributed by atoms with E-state index in [4.69, 9.17) is 10.5 Å². The smallest absolute Gasteiger partial charge is 0.137 e. The quantitative estimate of drug-likeness (QED) is 0.513. The van der Waals surface area contributed by atoms with E-state index >= 15 is 0 Å². The molecule has 0 aliphatic carbocycles. The van der Waals surface area contributed by atoms with Crippen molar-refractivity contribution < 1.29 is 4.74 Å². The maximum Gasteiger partial charge on any atom is 0.137 e. The molecule has 4 heteroatoms. The van der Waals surface area contributed by atoms with Crippen molar-refractivity contribution in [2.75, 3.05) is 5.75 Å². The van der Waals surface area contributed by atoms with Crippen LogP contribution in [-0.2, 0) is 4.74 Å². The molecule has 3 N–H and O–H groups in total. The molecular formula is C8H14N2OS. The van der Waals surface area contributed by atoms with Gasteiger partial charge in [-0.2, -0.15) is 11.8 Å². The van der Waals surface area contributed by atoms with E-state index in [9.17, 15) is 0 Å². The number of nitrogens with two attached hydrogens (primary N) is 1. The van der Waals surface area contributed by atoms with E-state index in [0.29, 0.717) is 23.3 Å². The number of hydrogen-bond acceptors (Lipinski definition) is 4. The number of piperidine rings is 1. The molecule has 0 aromatic heterocycles. The minimum atomic E-state index is 0.270. The van der Waals surface area contributed by atoms with Crippen LogP contribution in [0.3, 0.4) is 0 Å². The van der Waals surface area contributed by atoms with Gasteiger partial charge in [0.25, 0.3) is 0 Å². The first-order valence-corrected chi connectivity index (χ1v) is 5.61. The van der Waals surface area contributed by atoms with Crippen molar-refractivity contribution in [1.29, 1.82) is 0 Å². The lowest BCUT2D eigenvalue weighted by Crippen LogP contribution is -2.55. The van der Waals surface area contributed by atoms with E-state index in [0.717, 1.165) is 0 Å². The SMILES string of the molecule is CC1SCC2NC3OC3C(N)C21. The fourth-order valence-electron chi connectivity index (χ4n) is 2.53. The van der Waals surface area contributed by atoms with E-state index in [-0.39, 0.29) is 12.3 Å². The van der Waals surface area contributed by atoms with Gasteiger partial charge in [0.2, 0.25) is 0 Å². The lowest BCUT2D eigenvalue weighted by Gasteiger charge is -2.30. The molecule has 3 fully saturated rings. The molecule has 3 rings (SSSR count). The molecule has 6 atom stereocenters. The topological polar surface area (TPSA) is 50.6 Å². The molecule has 0 radical (unpaired) electrons. The maximum absolute atomic E-state index is 6.12. The lowest BCUT2D eigenvalue weighted by atomic mass is 9.85. The fraction of sp³-hybridized carbons (Fsp3) is 1.00. The van der Waals surface area contributed by atoms with Crippen molar-refractivity contribution >= 4 is 11.8 Å². The first kappa shape index (κ1) is 7.62. The number of nitrogens with one attached hydrogen (secondary N) is 1. The second kappa shape index (κ2) is 2.38. The Balaban J connectivity index is 1.85. The molecular weight excluding hydrogens is 172 g/mol. The van der Waals surface area contributed by atoms with Crippen LogP contribution in [0, 0.1) is 5.92 Å². The second-order valence-electron chi connectivity index (χ2n) is 3.99. The zero-order valence-electron chi connectivity index (χ0n) is 7.07. The summed E-state index contributed by atoms with van der Waals surface area (Å²) in [5, 5.41) is 4.19. The van der Waals surface area contributed by atoms with Gasteiger partial charge in [-0.1, -0.05) is 6.92 Å². The largest absolute Gasteiger partial charge is 0.352 e. The highest BCUT2D eigenvalue weighted by molar-refractivity contribution is 8.00. The number of ether oxygens (including phenoxy) is 1. The van der Waals surface area contributed by atoms with Gasteiger partial charge in [0.15, 0.2) is 0 Å². The Morgan fingerprint density at radius 2 is 2.42 bits per heavy atom. The summed E-state index contributed by atoms with van der Waals surface area (Å²) in [4.78, 5) is 0. The van der Waals surface area contributed by atoms with Crippen LogP contribution in [0.15, 0.2) is 0 Å². The zero-order valence-corrected chi connectivity index (χ0v) is 7.88. The summed E-state index contributed by atoms with van der Waals surface area (Å²) in [6, 6.07) is 0.870. The second-order valence-corrected chi connectivity index (χ2v) is 5.40. The van der Waals surface area contributed by atoms with Gasteiger partial charge in [0.05, 0.1) is 0 Å². The summed E-state index contributed by atoms with van der Waals surface area (Å²) in [5.74, 6) is 1.82. The highest BCUT2D eigenvalue weighted by Crippen LogP contribution is 2.43. The number of fused-ring (bicyclic) bond motifs is 2. The molecule has 0 saturated carbocycles. The highest BCUT2D eigenvalue weighted by Gasteiger charge is 2.56. The van der Waals surface area contributed by atoms with Crippen molar-refractivity contribution in [3.05, 3.63) is 0 Å². The predicted molar refractivity (Wildman–Crippen MR) is 49.0 cm³/mol. The third kappa shape index (κ3) is 0.894. The van der Waals surface area contributed by atoms with E-state index in [1.165, 1.54) is 5.75 Å². The van der Waals surface area contributed by atoms with Crippen LogP contribution in [-0.4, -0.2) is 35.4 Å². The average molecular weight is 186 g/mol. The molecule has 68 valence electrons. The average Bonchev–Trinajstić information content (AvgIpc) is 2.71.